The highest BCUT2D eigenvalue weighted by Gasteiger charge is 2.18. The van der Waals surface area contributed by atoms with Crippen LogP contribution in [0.5, 0.6) is 5.75 Å². The predicted molar refractivity (Wildman–Crippen MR) is 76.2 cm³/mol. The van der Waals surface area contributed by atoms with Gasteiger partial charge in [-0.3, -0.25) is 0 Å². The largest absolute Gasteiger partial charge is 0.485 e. The molecule has 1 heterocycles. The Morgan fingerprint density at radius 3 is 2.89 bits per heavy atom. The Bertz CT molecular complexity index is 379. The second kappa shape index (κ2) is 6.10. The SMILES string of the molecule is CC(C)C(C)CNCC1CNc2ccccc2O1. The van der Waals surface area contributed by atoms with Crippen molar-refractivity contribution >= 4 is 5.69 Å². The maximum absolute atomic E-state index is 5.95. The Morgan fingerprint density at radius 1 is 1.33 bits per heavy atom. The molecule has 0 aromatic heterocycles. The molecule has 0 saturated carbocycles. The zero-order valence-electron chi connectivity index (χ0n) is 11.6. The zero-order valence-corrected chi connectivity index (χ0v) is 11.6. The second-order valence-electron chi connectivity index (χ2n) is 5.50. The molecule has 2 atom stereocenters. The lowest BCUT2D eigenvalue weighted by Gasteiger charge is -2.28. The van der Waals surface area contributed by atoms with Crippen LogP contribution in [0.4, 0.5) is 5.69 Å². The molecule has 18 heavy (non-hydrogen) atoms. The normalized spacial score (nSPS) is 19.9. The lowest BCUT2D eigenvalue weighted by molar-refractivity contribution is 0.198. The van der Waals surface area contributed by atoms with E-state index in [0.29, 0.717) is 5.92 Å². The van der Waals surface area contributed by atoms with Gasteiger partial charge >= 0.3 is 0 Å². The molecule has 3 nitrogen and oxygen atoms in total. The van der Waals surface area contributed by atoms with Gasteiger partial charge in [0.05, 0.1) is 12.2 Å². The molecule has 0 fully saturated rings. The number of para-hydroxylation sites is 2. The number of rotatable bonds is 5. The van der Waals surface area contributed by atoms with Gasteiger partial charge in [0.25, 0.3) is 0 Å². The second-order valence-corrected chi connectivity index (χ2v) is 5.50. The number of fused-ring (bicyclic) bond motifs is 1. The summed E-state index contributed by atoms with van der Waals surface area (Å²) >= 11 is 0. The van der Waals surface area contributed by atoms with Crippen molar-refractivity contribution in [3.8, 4) is 5.75 Å². The molecule has 0 bridgehead atoms. The highest BCUT2D eigenvalue weighted by atomic mass is 16.5. The minimum absolute atomic E-state index is 0.222. The number of nitrogens with one attached hydrogen (secondary N) is 2. The van der Waals surface area contributed by atoms with E-state index in [2.05, 4.69) is 37.5 Å². The van der Waals surface area contributed by atoms with E-state index in [4.69, 9.17) is 4.74 Å². The Balaban J connectivity index is 1.76. The molecule has 0 saturated heterocycles. The minimum atomic E-state index is 0.222. The summed E-state index contributed by atoms with van der Waals surface area (Å²) in [4.78, 5) is 0. The summed E-state index contributed by atoms with van der Waals surface area (Å²) in [5.41, 5.74) is 1.10. The Morgan fingerprint density at radius 2 is 2.11 bits per heavy atom. The van der Waals surface area contributed by atoms with Gasteiger partial charge in [0.1, 0.15) is 11.9 Å². The molecule has 0 aliphatic carbocycles. The van der Waals surface area contributed by atoms with Crippen molar-refractivity contribution in [3.63, 3.8) is 0 Å². The van der Waals surface area contributed by atoms with Crippen LogP contribution >= 0.6 is 0 Å². The van der Waals surface area contributed by atoms with E-state index >= 15 is 0 Å². The molecule has 1 aliphatic heterocycles. The number of benzene rings is 1. The molecular formula is C15H24N2O. The molecule has 0 radical (unpaired) electrons. The van der Waals surface area contributed by atoms with E-state index in [0.717, 1.165) is 37.0 Å². The molecule has 1 aromatic rings. The number of hydrogen-bond donors (Lipinski definition) is 2. The van der Waals surface area contributed by atoms with Crippen molar-refractivity contribution in [1.29, 1.82) is 0 Å². The summed E-state index contributed by atoms with van der Waals surface area (Å²) < 4.78 is 5.95. The van der Waals surface area contributed by atoms with E-state index in [1.54, 1.807) is 0 Å². The molecule has 1 aromatic carbocycles. The third kappa shape index (κ3) is 3.39. The van der Waals surface area contributed by atoms with Crippen LogP contribution in [0.25, 0.3) is 0 Å². The molecule has 3 heteroatoms. The van der Waals surface area contributed by atoms with E-state index in [-0.39, 0.29) is 6.10 Å². The molecule has 2 rings (SSSR count). The van der Waals surface area contributed by atoms with Crippen LogP contribution in [0.1, 0.15) is 20.8 Å². The number of ether oxygens (including phenoxy) is 1. The zero-order chi connectivity index (χ0) is 13.0. The molecule has 2 N–H and O–H groups in total. The van der Waals surface area contributed by atoms with Crippen LogP contribution in [-0.4, -0.2) is 25.7 Å². The van der Waals surface area contributed by atoms with Crippen LogP contribution in [0, 0.1) is 11.8 Å². The van der Waals surface area contributed by atoms with Gasteiger partial charge < -0.3 is 15.4 Å². The summed E-state index contributed by atoms with van der Waals surface area (Å²) in [6.45, 7) is 9.65. The van der Waals surface area contributed by atoms with Gasteiger partial charge in [-0.1, -0.05) is 32.9 Å². The first-order valence-electron chi connectivity index (χ1n) is 6.87. The highest BCUT2D eigenvalue weighted by Crippen LogP contribution is 2.27. The Hall–Kier alpha value is -1.22. The standard InChI is InChI=1S/C15H24N2O/c1-11(2)12(3)8-16-9-13-10-17-14-6-4-5-7-15(14)18-13/h4-7,11-13,16-17H,8-10H2,1-3H3. The highest BCUT2D eigenvalue weighted by molar-refractivity contribution is 5.57. The van der Waals surface area contributed by atoms with E-state index in [1.807, 2.05) is 18.2 Å². The third-order valence-electron chi connectivity index (χ3n) is 3.68. The van der Waals surface area contributed by atoms with Crippen molar-refractivity contribution < 1.29 is 4.74 Å². The van der Waals surface area contributed by atoms with Crippen LogP contribution in [-0.2, 0) is 0 Å². The van der Waals surface area contributed by atoms with Gasteiger partial charge in [0.2, 0.25) is 0 Å². The van der Waals surface area contributed by atoms with Crippen molar-refractivity contribution in [1.82, 2.24) is 5.32 Å². The minimum Gasteiger partial charge on any atom is -0.485 e. The summed E-state index contributed by atoms with van der Waals surface area (Å²) in [5, 5.41) is 6.91. The predicted octanol–water partition coefficient (Wildman–Crippen LogP) is 2.74. The van der Waals surface area contributed by atoms with Gasteiger partial charge in [-0.2, -0.15) is 0 Å². The lowest BCUT2D eigenvalue weighted by atomic mass is 9.98. The first-order valence-corrected chi connectivity index (χ1v) is 6.87. The Kier molecular flexibility index (Phi) is 4.48. The first kappa shape index (κ1) is 13.2. The van der Waals surface area contributed by atoms with Gasteiger partial charge in [-0.25, -0.2) is 0 Å². The molecular weight excluding hydrogens is 224 g/mol. The average molecular weight is 248 g/mol. The molecule has 0 spiro atoms. The monoisotopic (exact) mass is 248 g/mol. The van der Waals surface area contributed by atoms with Gasteiger partial charge in [0, 0.05) is 6.54 Å². The first-order chi connectivity index (χ1) is 8.66. The quantitative estimate of drug-likeness (QED) is 0.840. The van der Waals surface area contributed by atoms with E-state index in [9.17, 15) is 0 Å². The van der Waals surface area contributed by atoms with Crippen molar-refractivity contribution in [2.45, 2.75) is 26.9 Å². The fourth-order valence-corrected chi connectivity index (χ4v) is 1.98. The number of hydrogen-bond acceptors (Lipinski definition) is 3. The third-order valence-corrected chi connectivity index (χ3v) is 3.68. The molecule has 100 valence electrons. The van der Waals surface area contributed by atoms with Crippen molar-refractivity contribution in [3.05, 3.63) is 24.3 Å². The molecule has 2 unspecified atom stereocenters. The summed E-state index contributed by atoms with van der Waals surface area (Å²) in [5.74, 6) is 2.39. The fourth-order valence-electron chi connectivity index (χ4n) is 1.98. The topological polar surface area (TPSA) is 33.3 Å². The van der Waals surface area contributed by atoms with Gasteiger partial charge in [0.15, 0.2) is 0 Å². The van der Waals surface area contributed by atoms with Gasteiger partial charge in [-0.05, 0) is 30.5 Å². The smallest absolute Gasteiger partial charge is 0.142 e. The summed E-state index contributed by atoms with van der Waals surface area (Å²) in [6, 6.07) is 8.11. The van der Waals surface area contributed by atoms with Crippen molar-refractivity contribution in [2.24, 2.45) is 11.8 Å². The van der Waals surface area contributed by atoms with Crippen LogP contribution in [0.15, 0.2) is 24.3 Å². The van der Waals surface area contributed by atoms with Crippen LogP contribution in [0.2, 0.25) is 0 Å². The maximum Gasteiger partial charge on any atom is 0.142 e. The molecule has 1 aliphatic rings. The molecule has 0 amide bonds. The summed E-state index contributed by atoms with van der Waals surface area (Å²) in [6.07, 6.45) is 0.222. The lowest BCUT2D eigenvalue weighted by Crippen LogP contribution is -2.41. The summed E-state index contributed by atoms with van der Waals surface area (Å²) in [7, 11) is 0. The van der Waals surface area contributed by atoms with Crippen LogP contribution in [0.3, 0.4) is 0 Å². The van der Waals surface area contributed by atoms with E-state index < -0.39 is 0 Å². The maximum atomic E-state index is 5.95. The van der Waals surface area contributed by atoms with E-state index in [1.165, 1.54) is 0 Å². The van der Waals surface area contributed by atoms with Crippen LogP contribution < -0.4 is 15.4 Å². The average Bonchev–Trinajstić information content (AvgIpc) is 2.38. The van der Waals surface area contributed by atoms with Gasteiger partial charge in [-0.15, -0.1) is 0 Å². The number of anilines is 1. The Labute approximate surface area is 110 Å². The van der Waals surface area contributed by atoms with Crippen molar-refractivity contribution in [2.75, 3.05) is 25.0 Å². The fraction of sp³-hybridized carbons (Fsp3) is 0.600.